The number of benzene rings is 1. The van der Waals surface area contributed by atoms with Crippen LogP contribution in [-0.4, -0.2) is 33.5 Å². The van der Waals surface area contributed by atoms with Crippen molar-refractivity contribution in [2.45, 2.75) is 57.4 Å². The molecule has 2 heterocycles. The van der Waals surface area contributed by atoms with Crippen LogP contribution >= 0.6 is 11.3 Å². The van der Waals surface area contributed by atoms with Crippen molar-refractivity contribution in [3.63, 3.8) is 0 Å². The summed E-state index contributed by atoms with van der Waals surface area (Å²) in [5.74, 6) is 0.146. The van der Waals surface area contributed by atoms with Crippen molar-refractivity contribution in [1.82, 2.24) is 15.1 Å². The van der Waals surface area contributed by atoms with Crippen molar-refractivity contribution < 1.29 is 14.0 Å². The Labute approximate surface area is 173 Å². The van der Waals surface area contributed by atoms with Crippen LogP contribution in [0.4, 0.5) is 10.1 Å². The summed E-state index contributed by atoms with van der Waals surface area (Å²) in [6, 6.07) is 5.48. The van der Waals surface area contributed by atoms with E-state index >= 15 is 0 Å². The second-order valence-corrected chi connectivity index (χ2v) is 8.85. The summed E-state index contributed by atoms with van der Waals surface area (Å²) >= 11 is 1.22. The van der Waals surface area contributed by atoms with Gasteiger partial charge in [-0.3, -0.25) is 9.59 Å². The molecule has 8 heteroatoms. The SMILES string of the molecule is O=C(Nc1ccc(F)cc1)c1nnc([C@@H]2CCCN2C(=O)CCC2CCCC2)s1. The van der Waals surface area contributed by atoms with Crippen LogP contribution in [0.25, 0.3) is 0 Å². The van der Waals surface area contributed by atoms with E-state index in [2.05, 4.69) is 15.5 Å². The Hall–Kier alpha value is -2.35. The van der Waals surface area contributed by atoms with E-state index in [4.69, 9.17) is 0 Å². The smallest absolute Gasteiger partial charge is 0.286 e. The molecule has 0 radical (unpaired) electrons. The number of halogens is 1. The van der Waals surface area contributed by atoms with Crippen molar-refractivity contribution >= 4 is 28.8 Å². The number of aromatic nitrogens is 2. The zero-order valence-electron chi connectivity index (χ0n) is 16.3. The molecule has 4 rings (SSSR count). The number of hydrogen-bond donors (Lipinski definition) is 1. The third-order valence-electron chi connectivity index (χ3n) is 5.84. The predicted molar refractivity (Wildman–Crippen MR) is 109 cm³/mol. The van der Waals surface area contributed by atoms with E-state index in [0.717, 1.165) is 25.8 Å². The van der Waals surface area contributed by atoms with E-state index in [1.807, 2.05) is 4.90 Å². The Morgan fingerprint density at radius 1 is 1.10 bits per heavy atom. The molecule has 1 saturated heterocycles. The molecule has 6 nitrogen and oxygen atoms in total. The van der Waals surface area contributed by atoms with Crippen LogP contribution < -0.4 is 5.32 Å². The van der Waals surface area contributed by atoms with Crippen LogP contribution in [0.5, 0.6) is 0 Å². The number of likely N-dealkylation sites (tertiary alicyclic amines) is 1. The molecule has 2 aliphatic rings. The maximum Gasteiger partial charge on any atom is 0.286 e. The highest BCUT2D eigenvalue weighted by Crippen LogP contribution is 2.35. The van der Waals surface area contributed by atoms with Gasteiger partial charge in [-0.1, -0.05) is 37.0 Å². The highest BCUT2D eigenvalue weighted by atomic mass is 32.1. The first-order valence-electron chi connectivity index (χ1n) is 10.3. The van der Waals surface area contributed by atoms with Gasteiger partial charge >= 0.3 is 0 Å². The quantitative estimate of drug-likeness (QED) is 0.749. The van der Waals surface area contributed by atoms with Gasteiger partial charge in [-0.05, 0) is 49.4 Å². The lowest BCUT2D eigenvalue weighted by molar-refractivity contribution is -0.132. The van der Waals surface area contributed by atoms with Crippen LogP contribution in [0.3, 0.4) is 0 Å². The molecule has 1 aromatic carbocycles. The molecule has 1 N–H and O–H groups in total. The standard InChI is InChI=1S/C21H25FN4O2S/c22-15-8-10-16(11-9-15)23-19(28)21-25-24-20(29-21)17-6-3-13-26(17)18(27)12-7-14-4-1-2-5-14/h8-11,14,17H,1-7,12-13H2,(H,23,28)/t17-/m0/s1. The maximum absolute atomic E-state index is 13.0. The molecule has 2 fully saturated rings. The molecule has 1 aliphatic carbocycles. The number of hydrogen-bond acceptors (Lipinski definition) is 5. The molecule has 29 heavy (non-hydrogen) atoms. The van der Waals surface area contributed by atoms with Gasteiger partial charge in [0.1, 0.15) is 10.8 Å². The fourth-order valence-electron chi connectivity index (χ4n) is 4.27. The third-order valence-corrected chi connectivity index (χ3v) is 6.86. The zero-order valence-corrected chi connectivity index (χ0v) is 17.1. The minimum Gasteiger partial charge on any atom is -0.333 e. The van der Waals surface area contributed by atoms with Gasteiger partial charge in [-0.15, -0.1) is 10.2 Å². The van der Waals surface area contributed by atoms with Gasteiger partial charge in [0.2, 0.25) is 10.9 Å². The lowest BCUT2D eigenvalue weighted by Crippen LogP contribution is -2.30. The van der Waals surface area contributed by atoms with Crippen molar-refractivity contribution in [3.05, 3.63) is 40.1 Å². The second kappa shape index (κ2) is 8.98. The molecular formula is C21H25FN4O2S. The van der Waals surface area contributed by atoms with Crippen LogP contribution in [0, 0.1) is 11.7 Å². The van der Waals surface area contributed by atoms with Crippen molar-refractivity contribution in [3.8, 4) is 0 Å². The topological polar surface area (TPSA) is 75.2 Å². The van der Waals surface area contributed by atoms with Crippen molar-refractivity contribution in [2.24, 2.45) is 5.92 Å². The first-order valence-corrected chi connectivity index (χ1v) is 11.1. The van der Waals surface area contributed by atoms with Crippen molar-refractivity contribution in [1.29, 1.82) is 0 Å². The minimum atomic E-state index is -0.377. The Morgan fingerprint density at radius 3 is 2.62 bits per heavy atom. The number of rotatable bonds is 6. The number of carbonyl (C=O) groups excluding carboxylic acids is 2. The van der Waals surface area contributed by atoms with Crippen LogP contribution in [0.15, 0.2) is 24.3 Å². The maximum atomic E-state index is 13.0. The molecule has 0 bridgehead atoms. The average Bonchev–Trinajstić information content (AvgIpc) is 3.48. The highest BCUT2D eigenvalue weighted by Gasteiger charge is 2.33. The summed E-state index contributed by atoms with van der Waals surface area (Å²) in [4.78, 5) is 27.1. The molecular weight excluding hydrogens is 391 g/mol. The number of carbonyl (C=O) groups is 2. The molecule has 2 amide bonds. The number of nitrogens with one attached hydrogen (secondary N) is 1. The third kappa shape index (κ3) is 4.80. The number of nitrogens with zero attached hydrogens (tertiary/aromatic N) is 3. The van der Waals surface area contributed by atoms with Gasteiger partial charge < -0.3 is 10.2 Å². The number of anilines is 1. The largest absolute Gasteiger partial charge is 0.333 e. The zero-order chi connectivity index (χ0) is 20.2. The van der Waals surface area contributed by atoms with Gasteiger partial charge in [-0.2, -0.15) is 0 Å². The molecule has 1 aliphatic heterocycles. The molecule has 1 atom stereocenters. The predicted octanol–water partition coefficient (Wildman–Crippen LogP) is 4.56. The van der Waals surface area contributed by atoms with E-state index in [1.54, 1.807) is 0 Å². The van der Waals surface area contributed by atoms with E-state index in [0.29, 0.717) is 23.0 Å². The van der Waals surface area contributed by atoms with Crippen LogP contribution in [0.1, 0.15) is 72.2 Å². The molecule has 0 unspecified atom stereocenters. The highest BCUT2D eigenvalue weighted by molar-refractivity contribution is 7.13. The van der Waals surface area contributed by atoms with Gasteiger partial charge in [-0.25, -0.2) is 4.39 Å². The molecule has 1 aromatic heterocycles. The van der Waals surface area contributed by atoms with Gasteiger partial charge in [0.15, 0.2) is 0 Å². The number of amides is 2. The summed E-state index contributed by atoms with van der Waals surface area (Å²) in [6.07, 6.45) is 8.44. The lowest BCUT2D eigenvalue weighted by Gasteiger charge is -2.23. The van der Waals surface area contributed by atoms with E-state index in [9.17, 15) is 14.0 Å². The first kappa shape index (κ1) is 19.9. The summed E-state index contributed by atoms with van der Waals surface area (Å²) < 4.78 is 13.0. The minimum absolute atomic E-state index is 0.0871. The van der Waals surface area contributed by atoms with Crippen LogP contribution in [-0.2, 0) is 4.79 Å². The summed E-state index contributed by atoms with van der Waals surface area (Å²) in [5, 5.41) is 11.9. The second-order valence-electron chi connectivity index (χ2n) is 7.84. The fraction of sp³-hybridized carbons (Fsp3) is 0.524. The van der Waals surface area contributed by atoms with Gasteiger partial charge in [0.05, 0.1) is 6.04 Å². The van der Waals surface area contributed by atoms with Gasteiger partial charge in [0.25, 0.3) is 5.91 Å². The normalized spacial score (nSPS) is 19.6. The fourth-order valence-corrected chi connectivity index (χ4v) is 5.16. The monoisotopic (exact) mass is 416 g/mol. The Morgan fingerprint density at radius 2 is 1.86 bits per heavy atom. The Balaban J connectivity index is 1.37. The molecule has 154 valence electrons. The van der Waals surface area contributed by atoms with Crippen LogP contribution in [0.2, 0.25) is 0 Å². The van der Waals surface area contributed by atoms with Crippen molar-refractivity contribution in [2.75, 3.05) is 11.9 Å². The molecule has 2 aromatic rings. The van der Waals surface area contributed by atoms with E-state index in [-0.39, 0.29) is 28.7 Å². The Kier molecular flexibility index (Phi) is 6.18. The summed E-state index contributed by atoms with van der Waals surface area (Å²) in [5.41, 5.74) is 0.498. The first-order chi connectivity index (χ1) is 14.1. The van der Waals surface area contributed by atoms with E-state index < -0.39 is 0 Å². The Bertz CT molecular complexity index is 864. The summed E-state index contributed by atoms with van der Waals surface area (Å²) in [6.45, 7) is 0.741. The molecule has 0 spiro atoms. The van der Waals surface area contributed by atoms with E-state index in [1.165, 1.54) is 61.3 Å². The lowest BCUT2D eigenvalue weighted by atomic mass is 10.0. The summed E-state index contributed by atoms with van der Waals surface area (Å²) in [7, 11) is 0. The average molecular weight is 417 g/mol. The van der Waals surface area contributed by atoms with Gasteiger partial charge in [0, 0.05) is 18.7 Å². The molecule has 1 saturated carbocycles.